The average molecular weight is 292 g/mol. The summed E-state index contributed by atoms with van der Waals surface area (Å²) in [6.45, 7) is -0.867. The van der Waals surface area contributed by atoms with E-state index in [1.54, 1.807) is 0 Å². The standard InChI is InChI=1S/C9H13ClN.C5H5.Fe/c1-2-4-8(10)7-5-3-6-9(7)11;1-2-4-5-3-1;/h3,5-6,8H,2,4,11H2,1H3;1-5H;. The third-order valence-corrected chi connectivity index (χ3v) is 59.9. The van der Waals surface area contributed by atoms with E-state index in [0.717, 1.165) is 0 Å². The fraction of sp³-hybridized carbons (Fsp3) is 1.00. The number of hydrogen-bond donors (Lipinski definition) is 1. The van der Waals surface area contributed by atoms with Crippen LogP contribution in [0.5, 0.6) is 0 Å². The molecule has 94 valence electrons. The Morgan fingerprint density at radius 1 is 1.12 bits per heavy atom. The van der Waals surface area contributed by atoms with Crippen molar-refractivity contribution in [2.45, 2.75) is 72.4 Å². The molecule has 6 unspecified atom stereocenters. The molecule has 0 aromatic carbocycles. The van der Waals surface area contributed by atoms with Crippen LogP contribution in [0.25, 0.3) is 0 Å². The molecular weight excluding hydrogens is 273 g/mol. The summed E-state index contributed by atoms with van der Waals surface area (Å²) in [4.78, 5) is 10.3. The van der Waals surface area contributed by atoms with Gasteiger partial charge in [0.2, 0.25) is 0 Å². The SMILES string of the molecule is CCCC(Cl)[C]12[CH]3[CH]4[CH]5[C]1(N)[Fe]45321678[CH]2[CH]1[CH]6[CH]7[CH]28. The van der Waals surface area contributed by atoms with E-state index in [2.05, 4.69) is 6.92 Å². The van der Waals surface area contributed by atoms with Gasteiger partial charge in [0, 0.05) is 0 Å². The first-order valence-corrected chi connectivity index (χ1v) is 14.2. The van der Waals surface area contributed by atoms with Crippen molar-refractivity contribution in [1.82, 2.24) is 0 Å². The van der Waals surface area contributed by atoms with Gasteiger partial charge in [-0.05, 0) is 0 Å². The van der Waals surface area contributed by atoms with Crippen LogP contribution in [0.4, 0.5) is 0 Å². The number of nitrogens with two attached hydrogens (primary N) is 1. The first kappa shape index (κ1) is 6.97. The topological polar surface area (TPSA) is 26.0 Å². The van der Waals surface area contributed by atoms with E-state index in [-0.39, 0.29) is 0 Å². The molecule has 0 amide bonds. The van der Waals surface area contributed by atoms with Gasteiger partial charge in [0.1, 0.15) is 0 Å². The summed E-state index contributed by atoms with van der Waals surface area (Å²) in [6, 6.07) is 0. The molecular formula is C14H18ClFeN. The summed E-state index contributed by atoms with van der Waals surface area (Å²) in [5.74, 6) is 0. The Hall–Kier alpha value is 0.769. The Morgan fingerprint density at radius 3 is 1.94 bits per heavy atom. The number of halogens is 1. The molecule has 10 heterocycles. The van der Waals surface area contributed by atoms with Gasteiger partial charge in [-0.2, -0.15) is 0 Å². The predicted molar refractivity (Wildman–Crippen MR) is 64.2 cm³/mol. The van der Waals surface area contributed by atoms with Crippen LogP contribution in [0.3, 0.4) is 0 Å². The number of fused-ring (bicyclic) bond motifs is 10. The molecule has 10 rings (SSSR count). The van der Waals surface area contributed by atoms with E-state index in [4.69, 9.17) is 17.3 Å². The van der Waals surface area contributed by atoms with Gasteiger partial charge in [0.05, 0.1) is 0 Å². The van der Waals surface area contributed by atoms with Crippen molar-refractivity contribution in [1.29, 1.82) is 0 Å². The average Bonchev–Trinajstić information content (AvgIpc) is 3.23. The van der Waals surface area contributed by atoms with Crippen LogP contribution in [-0.2, 0) is 6.51 Å². The second-order valence-corrected chi connectivity index (χ2v) is 34.9. The quantitative estimate of drug-likeness (QED) is 0.617. The summed E-state index contributed by atoms with van der Waals surface area (Å²) in [7, 11) is 0. The van der Waals surface area contributed by atoms with E-state index >= 15 is 0 Å². The second-order valence-electron chi connectivity index (χ2n) is 11.1. The molecule has 10 aliphatic heterocycles. The van der Waals surface area contributed by atoms with Gasteiger partial charge in [-0.15, -0.1) is 0 Å². The molecule has 1 spiro atoms. The van der Waals surface area contributed by atoms with E-state index in [0.29, 0.717) is 14.1 Å². The molecule has 0 radical (unpaired) electrons. The first-order chi connectivity index (χ1) is 7.92. The summed E-state index contributed by atoms with van der Waals surface area (Å²) in [5, 5.41) is 0.515. The summed E-state index contributed by atoms with van der Waals surface area (Å²) < 4.78 is 1.16. The number of hydrogen-bond acceptors (Lipinski definition) is 1. The maximum atomic E-state index is 7.24. The third kappa shape index (κ3) is 0.0653. The minimum absolute atomic E-state index is 0.480. The monoisotopic (exact) mass is 291 g/mol. The van der Waals surface area contributed by atoms with E-state index in [1.165, 1.54) is 51.4 Å². The normalized spacial score (nSPS) is 126. The van der Waals surface area contributed by atoms with Crippen molar-refractivity contribution in [3.63, 3.8) is 0 Å². The maximum absolute atomic E-state index is 7.24. The van der Waals surface area contributed by atoms with Crippen LogP contribution in [-0.4, -0.2) is 9.81 Å². The third-order valence-electron chi connectivity index (χ3n) is 16.1. The fourth-order valence-electron chi connectivity index (χ4n) is 18.2. The number of rotatable bonds is 3. The van der Waals surface area contributed by atoms with Crippen LogP contribution in [0.2, 0.25) is 42.8 Å². The van der Waals surface area contributed by atoms with Crippen molar-refractivity contribution in [2.75, 3.05) is 0 Å². The van der Waals surface area contributed by atoms with Crippen molar-refractivity contribution >= 4 is 11.6 Å². The van der Waals surface area contributed by atoms with Crippen molar-refractivity contribution in [3.05, 3.63) is 0 Å². The Morgan fingerprint density at radius 2 is 1.71 bits per heavy atom. The summed E-state index contributed by atoms with van der Waals surface area (Å²) >= 11 is 7.03. The van der Waals surface area contributed by atoms with Gasteiger partial charge in [-0.3, -0.25) is 0 Å². The van der Waals surface area contributed by atoms with Crippen LogP contribution < -0.4 is 5.73 Å². The van der Waals surface area contributed by atoms with E-state index in [1.807, 2.05) is 0 Å². The fourth-order valence-corrected chi connectivity index (χ4v) is 95.8. The van der Waals surface area contributed by atoms with Gasteiger partial charge in [-0.25, -0.2) is 0 Å². The predicted octanol–water partition coefficient (Wildman–Crippen LogP) is 4.02. The Kier molecular flexibility index (Phi) is 0.227. The Labute approximate surface area is 96.1 Å². The molecule has 10 aliphatic rings. The number of alkyl halides is 1. The van der Waals surface area contributed by atoms with Gasteiger partial charge in [0.15, 0.2) is 0 Å². The van der Waals surface area contributed by atoms with E-state index in [9.17, 15) is 0 Å². The van der Waals surface area contributed by atoms with Gasteiger partial charge < -0.3 is 0 Å². The first-order valence-electron chi connectivity index (χ1n) is 7.56. The minimum atomic E-state index is -3.18. The Bertz CT molecular complexity index is 956. The van der Waals surface area contributed by atoms with Gasteiger partial charge >= 0.3 is 96.3 Å². The molecule has 3 heteroatoms. The summed E-state index contributed by atoms with van der Waals surface area (Å²) in [6.07, 6.45) is 2.55. The van der Waals surface area contributed by atoms with Crippen LogP contribution in [0.1, 0.15) is 19.8 Å². The molecule has 2 N–H and O–H groups in total. The molecule has 17 heavy (non-hydrogen) atoms. The van der Waals surface area contributed by atoms with Crippen molar-refractivity contribution in [3.8, 4) is 0 Å². The van der Waals surface area contributed by atoms with Gasteiger partial charge in [0.25, 0.3) is 0 Å². The zero-order valence-electron chi connectivity index (χ0n) is 9.92. The molecule has 0 aromatic heterocycles. The molecule has 6 atom stereocenters. The summed E-state index contributed by atoms with van der Waals surface area (Å²) in [5.41, 5.74) is 7.24. The molecule has 0 saturated carbocycles. The molecule has 0 aliphatic carbocycles. The molecule has 1 nitrogen and oxygen atoms in total. The van der Waals surface area contributed by atoms with E-state index < -0.39 is 6.51 Å². The second kappa shape index (κ2) is 0.554. The van der Waals surface area contributed by atoms with Crippen molar-refractivity contribution < 1.29 is 6.51 Å². The van der Waals surface area contributed by atoms with Crippen molar-refractivity contribution in [2.24, 2.45) is 5.73 Å². The van der Waals surface area contributed by atoms with Gasteiger partial charge in [-0.1, -0.05) is 0 Å². The molecule has 10 fully saturated rings. The zero-order chi connectivity index (χ0) is 10.9. The van der Waals surface area contributed by atoms with Crippen LogP contribution in [0, 0.1) is 0 Å². The van der Waals surface area contributed by atoms with Crippen LogP contribution in [0.15, 0.2) is 0 Å². The zero-order valence-corrected chi connectivity index (χ0v) is 11.8. The van der Waals surface area contributed by atoms with Crippen LogP contribution >= 0.6 is 11.6 Å². The molecule has 0 bridgehead atoms. The Balaban J connectivity index is 1.61. The molecule has 0 aromatic rings. The molecule has 10 saturated heterocycles.